The van der Waals surface area contributed by atoms with E-state index >= 15 is 0 Å². The zero-order valence-electron chi connectivity index (χ0n) is 16.5. The van der Waals surface area contributed by atoms with Crippen LogP contribution in [0.25, 0.3) is 11.0 Å². The zero-order valence-corrected chi connectivity index (χ0v) is 16.5. The van der Waals surface area contributed by atoms with Crippen molar-refractivity contribution in [3.8, 4) is 5.75 Å². The van der Waals surface area contributed by atoms with Crippen molar-refractivity contribution in [2.45, 2.75) is 33.1 Å². The molecule has 0 radical (unpaired) electrons. The fourth-order valence-corrected chi connectivity index (χ4v) is 3.23. The number of halogens is 3. The van der Waals surface area contributed by atoms with E-state index < -0.39 is 29.5 Å². The Hall–Kier alpha value is -3.43. The molecule has 0 aliphatic rings. The van der Waals surface area contributed by atoms with Gasteiger partial charge in [0.1, 0.15) is 17.7 Å². The van der Waals surface area contributed by atoms with Gasteiger partial charge in [-0.2, -0.15) is 13.2 Å². The summed E-state index contributed by atoms with van der Waals surface area (Å²) in [5.74, 6) is -0.153. The van der Waals surface area contributed by atoms with E-state index in [-0.39, 0.29) is 39.3 Å². The van der Waals surface area contributed by atoms with Crippen molar-refractivity contribution in [1.82, 2.24) is 15.0 Å². The van der Waals surface area contributed by atoms with Gasteiger partial charge in [0.2, 0.25) is 0 Å². The van der Waals surface area contributed by atoms with Crippen LogP contribution in [0.2, 0.25) is 0 Å². The van der Waals surface area contributed by atoms with Crippen LogP contribution in [-0.2, 0) is 10.9 Å². The molecule has 3 rings (SSSR count). The van der Waals surface area contributed by atoms with E-state index in [1.807, 2.05) is 0 Å². The number of hydrogen-bond donors (Lipinski definition) is 1. The topological polar surface area (TPSA) is 94.2 Å². The highest BCUT2D eigenvalue weighted by Gasteiger charge is 2.39. The molecule has 0 saturated carbocycles. The molecule has 7 nitrogen and oxygen atoms in total. The number of methoxy groups -OCH3 is 1. The smallest absolute Gasteiger partial charge is 0.433 e. The molecule has 1 N–H and O–H groups in total. The minimum Gasteiger partial charge on any atom is -0.486 e. The number of carbonyl (C=O) groups is 1. The molecule has 3 aromatic rings. The Kier molecular flexibility index (Phi) is 5.51. The van der Waals surface area contributed by atoms with Crippen molar-refractivity contribution in [3.63, 3.8) is 0 Å². The average molecular weight is 421 g/mol. The monoisotopic (exact) mass is 421 g/mol. The first-order valence-electron chi connectivity index (χ1n) is 8.86. The number of aryl methyl sites for hydroxylation is 2. The Morgan fingerprint density at radius 2 is 1.77 bits per heavy atom. The number of hydrogen-bond acceptors (Lipinski definition) is 6. The number of esters is 1. The Morgan fingerprint density at radius 1 is 1.13 bits per heavy atom. The van der Waals surface area contributed by atoms with Crippen LogP contribution in [0.5, 0.6) is 5.75 Å². The van der Waals surface area contributed by atoms with Crippen LogP contribution in [0.3, 0.4) is 0 Å². The van der Waals surface area contributed by atoms with Crippen molar-refractivity contribution >= 4 is 17.0 Å². The van der Waals surface area contributed by atoms with Gasteiger partial charge in [-0.1, -0.05) is 0 Å². The third-order valence-corrected chi connectivity index (χ3v) is 4.53. The number of pyridine rings is 1. The molecule has 1 aromatic carbocycles. The third kappa shape index (κ3) is 3.98. The van der Waals surface area contributed by atoms with Gasteiger partial charge in [0.15, 0.2) is 11.3 Å². The lowest BCUT2D eigenvalue weighted by Crippen LogP contribution is -2.21. The molecule has 158 valence electrons. The number of aromatic amines is 1. The van der Waals surface area contributed by atoms with Crippen molar-refractivity contribution in [3.05, 3.63) is 62.8 Å². The van der Waals surface area contributed by atoms with Crippen LogP contribution in [0.15, 0.2) is 29.1 Å². The minimum atomic E-state index is -4.78. The van der Waals surface area contributed by atoms with Crippen molar-refractivity contribution in [2.75, 3.05) is 7.11 Å². The maximum absolute atomic E-state index is 13.8. The third-order valence-electron chi connectivity index (χ3n) is 4.53. The molecule has 0 saturated heterocycles. The quantitative estimate of drug-likeness (QED) is 0.643. The lowest BCUT2D eigenvalue weighted by Gasteiger charge is -2.22. The molecule has 2 aromatic heterocycles. The summed E-state index contributed by atoms with van der Waals surface area (Å²) in [4.78, 5) is 33.9. The standard InChI is InChI=1S/C20H18F3N3O4/c1-9-14(10(2)30-13-7-5-12(6-8-13)19(28)29-4)16(20(21,22)23)26-17-15(9)18(27)25-11(3)24-17/h5-8,10H,1-4H3,(H,24,25,26,27). The van der Waals surface area contributed by atoms with Crippen LogP contribution in [0, 0.1) is 13.8 Å². The van der Waals surface area contributed by atoms with Crippen LogP contribution in [-0.4, -0.2) is 28.0 Å². The molecule has 1 unspecified atom stereocenters. The minimum absolute atomic E-state index is 0.0277. The maximum atomic E-state index is 13.8. The fraction of sp³-hybridized carbons (Fsp3) is 0.300. The van der Waals surface area contributed by atoms with Crippen LogP contribution in [0.1, 0.15) is 46.0 Å². The first-order chi connectivity index (χ1) is 14.0. The number of H-pyrrole nitrogens is 1. The molecule has 0 aliphatic heterocycles. The van der Waals surface area contributed by atoms with Gasteiger partial charge < -0.3 is 14.5 Å². The SMILES string of the molecule is COC(=O)c1ccc(OC(C)c2c(C(F)(F)F)nc3nc(C)[nH]c(=O)c3c2C)cc1. The van der Waals surface area contributed by atoms with E-state index in [1.54, 1.807) is 0 Å². The summed E-state index contributed by atoms with van der Waals surface area (Å²) < 4.78 is 51.5. The maximum Gasteiger partial charge on any atom is 0.433 e. The van der Waals surface area contributed by atoms with Crippen LogP contribution in [0.4, 0.5) is 13.2 Å². The molecule has 10 heteroatoms. The Bertz CT molecular complexity index is 1170. The summed E-state index contributed by atoms with van der Waals surface area (Å²) in [5, 5.41) is -0.0277. The molecule has 1 atom stereocenters. The molecule has 0 bridgehead atoms. The second kappa shape index (κ2) is 7.77. The normalized spacial score (nSPS) is 12.6. The summed E-state index contributed by atoms with van der Waals surface area (Å²) in [6.45, 7) is 4.29. The molecular weight excluding hydrogens is 403 g/mol. The van der Waals surface area contributed by atoms with Gasteiger partial charge in [-0.25, -0.2) is 14.8 Å². The molecule has 0 aliphatic carbocycles. The summed E-state index contributed by atoms with van der Waals surface area (Å²) in [5.41, 5.74) is -1.93. The lowest BCUT2D eigenvalue weighted by molar-refractivity contribution is -0.142. The number of aromatic nitrogens is 3. The van der Waals surface area contributed by atoms with Gasteiger partial charge in [0.25, 0.3) is 5.56 Å². The van der Waals surface area contributed by atoms with Crippen molar-refractivity contribution in [2.24, 2.45) is 0 Å². The fourth-order valence-electron chi connectivity index (χ4n) is 3.23. The second-order valence-corrected chi connectivity index (χ2v) is 6.62. The number of alkyl halides is 3. The van der Waals surface area contributed by atoms with Crippen molar-refractivity contribution in [1.29, 1.82) is 0 Å². The number of ether oxygens (including phenoxy) is 2. The first-order valence-corrected chi connectivity index (χ1v) is 8.86. The summed E-state index contributed by atoms with van der Waals surface area (Å²) >= 11 is 0. The highest BCUT2D eigenvalue weighted by Crippen LogP contribution is 2.38. The van der Waals surface area contributed by atoms with E-state index in [4.69, 9.17) is 4.74 Å². The molecule has 30 heavy (non-hydrogen) atoms. The van der Waals surface area contributed by atoms with E-state index in [9.17, 15) is 22.8 Å². The Morgan fingerprint density at radius 3 is 2.33 bits per heavy atom. The Balaban J connectivity index is 2.10. The number of rotatable bonds is 4. The summed E-state index contributed by atoms with van der Waals surface area (Å²) in [6.07, 6.45) is -5.87. The summed E-state index contributed by atoms with van der Waals surface area (Å²) in [7, 11) is 1.24. The van der Waals surface area contributed by atoms with Crippen molar-refractivity contribution < 1.29 is 27.4 Å². The molecular formula is C20H18F3N3O4. The van der Waals surface area contributed by atoms with E-state index in [1.165, 1.54) is 52.1 Å². The van der Waals surface area contributed by atoms with Gasteiger partial charge in [-0.3, -0.25) is 4.79 Å². The highest BCUT2D eigenvalue weighted by molar-refractivity contribution is 5.89. The van der Waals surface area contributed by atoms with Gasteiger partial charge in [-0.15, -0.1) is 0 Å². The predicted molar refractivity (Wildman–Crippen MR) is 101 cm³/mol. The second-order valence-electron chi connectivity index (χ2n) is 6.62. The molecule has 0 amide bonds. The highest BCUT2D eigenvalue weighted by atomic mass is 19.4. The number of benzene rings is 1. The van der Waals surface area contributed by atoms with Gasteiger partial charge in [-0.05, 0) is 50.6 Å². The van der Waals surface area contributed by atoms with E-state index in [2.05, 4.69) is 19.7 Å². The van der Waals surface area contributed by atoms with E-state index in [0.717, 1.165) is 0 Å². The number of nitrogens with zero attached hydrogens (tertiary/aromatic N) is 2. The molecule has 0 spiro atoms. The number of fused-ring (bicyclic) bond motifs is 1. The number of carbonyl (C=O) groups excluding carboxylic acids is 1. The van der Waals surface area contributed by atoms with Crippen LogP contribution < -0.4 is 10.3 Å². The average Bonchev–Trinajstić information content (AvgIpc) is 2.66. The first kappa shape index (κ1) is 21.3. The number of nitrogens with one attached hydrogen (secondary N) is 1. The lowest BCUT2D eigenvalue weighted by atomic mass is 9.99. The zero-order chi connectivity index (χ0) is 22.2. The van der Waals surface area contributed by atoms with Gasteiger partial charge in [0, 0.05) is 5.56 Å². The Labute approximate surface area is 168 Å². The van der Waals surface area contributed by atoms with Crippen LogP contribution >= 0.6 is 0 Å². The largest absolute Gasteiger partial charge is 0.486 e. The van der Waals surface area contributed by atoms with Gasteiger partial charge in [0.05, 0.1) is 18.1 Å². The predicted octanol–water partition coefficient (Wildman–Crippen LogP) is 3.88. The summed E-state index contributed by atoms with van der Waals surface area (Å²) in [6, 6.07) is 5.75. The molecule has 2 heterocycles. The van der Waals surface area contributed by atoms with E-state index in [0.29, 0.717) is 0 Å². The van der Waals surface area contributed by atoms with Gasteiger partial charge >= 0.3 is 12.1 Å². The molecule has 0 fully saturated rings.